The van der Waals surface area contributed by atoms with Gasteiger partial charge in [0.2, 0.25) is 0 Å². The third-order valence-corrected chi connectivity index (χ3v) is 0.1000. The standard InChI is InChI=1S/C2H6O2.FH.H3O4P.H2O4S/c3-1-2-4;;2*1-5(2,3)4/h3-4H,1-2H2;1H;(H3,1,2,3,4);(H2,1,2,3,4). The van der Waals surface area contributed by atoms with E-state index in [1.165, 1.54) is 0 Å². The smallest absolute Gasteiger partial charge is 0.394 e. The van der Waals surface area contributed by atoms with E-state index in [9.17, 15) is 0 Å². The Kier molecular flexibility index (Phi) is 19.2. The van der Waals surface area contributed by atoms with Crippen LogP contribution in [0.1, 0.15) is 0 Å². The molecule has 0 atom stereocenters. The third kappa shape index (κ3) is 2810. The van der Waals surface area contributed by atoms with Crippen molar-refractivity contribution in [1.82, 2.24) is 0 Å². The lowest BCUT2D eigenvalue weighted by Crippen LogP contribution is -1.89. The molecule has 0 bridgehead atoms. The second kappa shape index (κ2) is 11.9. The average Bonchev–Trinajstić information content (AvgIpc) is 1.79. The van der Waals surface area contributed by atoms with Gasteiger partial charge in [-0.15, -0.1) is 0 Å². The van der Waals surface area contributed by atoms with E-state index < -0.39 is 18.2 Å². The van der Waals surface area contributed by atoms with Crippen LogP contribution in [0.3, 0.4) is 0 Å². The maximum absolute atomic E-state index is 8.88. The van der Waals surface area contributed by atoms with Gasteiger partial charge < -0.3 is 24.9 Å². The fourth-order valence-corrected chi connectivity index (χ4v) is 0. The van der Waals surface area contributed by atoms with E-state index in [1.54, 1.807) is 0 Å². The summed E-state index contributed by atoms with van der Waals surface area (Å²) in [5.74, 6) is 0. The van der Waals surface area contributed by atoms with Crippen LogP contribution in [0.4, 0.5) is 4.70 Å². The molecule has 0 radical (unpaired) electrons. The van der Waals surface area contributed by atoms with Gasteiger partial charge in [-0.3, -0.25) is 13.8 Å². The zero-order valence-electron chi connectivity index (χ0n) is 7.03. The van der Waals surface area contributed by atoms with Crippen LogP contribution in [0.5, 0.6) is 0 Å². The quantitative estimate of drug-likeness (QED) is 0.200. The van der Waals surface area contributed by atoms with E-state index in [-0.39, 0.29) is 17.9 Å². The number of rotatable bonds is 1. The molecule has 0 heterocycles. The molecule has 98 valence electrons. The summed E-state index contributed by atoms with van der Waals surface area (Å²) in [7, 11) is -9.31. The molecule has 0 aromatic rings. The van der Waals surface area contributed by atoms with Gasteiger partial charge in [-0.2, -0.15) is 8.42 Å². The number of aliphatic hydroxyl groups is 2. The predicted octanol–water partition coefficient (Wildman–Crippen LogP) is -2.46. The van der Waals surface area contributed by atoms with Crippen molar-refractivity contribution < 1.29 is 51.7 Å². The fraction of sp³-hybridized carbons (Fsp3) is 1.00. The molecule has 0 aliphatic heterocycles. The Morgan fingerprint density at radius 1 is 0.933 bits per heavy atom. The minimum atomic E-state index is -4.67. The highest BCUT2D eigenvalue weighted by Gasteiger charge is 2.00. The Morgan fingerprint density at radius 2 is 1.00 bits per heavy atom. The Hall–Kier alpha value is -0.170. The van der Waals surface area contributed by atoms with Crippen molar-refractivity contribution in [2.24, 2.45) is 0 Å². The van der Waals surface area contributed by atoms with Gasteiger partial charge in [-0.05, 0) is 0 Å². The molecule has 0 aliphatic rings. The topological polar surface area (TPSA) is 193 Å². The van der Waals surface area contributed by atoms with Crippen LogP contribution in [0.15, 0.2) is 0 Å². The summed E-state index contributed by atoms with van der Waals surface area (Å²) < 4.78 is 40.5. The maximum Gasteiger partial charge on any atom is 0.466 e. The molecule has 0 fully saturated rings. The lowest BCUT2D eigenvalue weighted by molar-refractivity contribution is 0.186. The van der Waals surface area contributed by atoms with Crippen LogP contribution in [0.25, 0.3) is 0 Å². The van der Waals surface area contributed by atoms with Gasteiger partial charge in [-0.1, -0.05) is 0 Å². The molecule has 13 heteroatoms. The molecule has 0 aromatic carbocycles. The zero-order valence-corrected chi connectivity index (χ0v) is 8.74. The van der Waals surface area contributed by atoms with Crippen molar-refractivity contribution in [2.45, 2.75) is 0 Å². The minimum Gasteiger partial charge on any atom is -0.394 e. The Morgan fingerprint density at radius 3 is 1.00 bits per heavy atom. The van der Waals surface area contributed by atoms with E-state index in [1.807, 2.05) is 0 Å². The second-order valence-corrected chi connectivity index (χ2v) is 3.33. The first kappa shape index (κ1) is 24.2. The molecular weight excluding hydrogens is 266 g/mol. The third-order valence-electron chi connectivity index (χ3n) is 0.1000. The average molecular weight is 278 g/mol. The molecule has 7 N–H and O–H groups in total. The number of halogens is 1. The Labute approximate surface area is 84.0 Å². The summed E-state index contributed by atoms with van der Waals surface area (Å²) in [5.41, 5.74) is 0. The van der Waals surface area contributed by atoms with Crippen LogP contribution in [-0.2, 0) is 15.0 Å². The van der Waals surface area contributed by atoms with Gasteiger partial charge >= 0.3 is 18.2 Å². The van der Waals surface area contributed by atoms with E-state index in [0.717, 1.165) is 0 Å². The first-order chi connectivity index (χ1) is 5.91. The number of hydrogen-bond donors (Lipinski definition) is 7. The molecule has 15 heavy (non-hydrogen) atoms. The van der Waals surface area contributed by atoms with Crippen LogP contribution in [-0.4, -0.2) is 55.6 Å². The first-order valence-corrected chi connectivity index (χ1v) is 5.58. The molecule has 0 saturated heterocycles. The predicted molar refractivity (Wildman–Crippen MR) is 45.1 cm³/mol. The highest BCUT2D eigenvalue weighted by Crippen LogP contribution is 2.25. The van der Waals surface area contributed by atoms with E-state index in [2.05, 4.69) is 0 Å². The highest BCUT2D eigenvalue weighted by atomic mass is 32.3. The molecule has 0 aliphatic carbocycles. The van der Waals surface area contributed by atoms with Gasteiger partial charge in [0, 0.05) is 0 Å². The number of hydrogen-bond acceptors (Lipinski definition) is 5. The van der Waals surface area contributed by atoms with Crippen LogP contribution in [0, 0.1) is 0 Å². The second-order valence-electron chi connectivity index (χ2n) is 1.41. The van der Waals surface area contributed by atoms with Gasteiger partial charge in [0.15, 0.2) is 0 Å². The van der Waals surface area contributed by atoms with Crippen molar-refractivity contribution >= 4 is 18.2 Å². The Bertz CT molecular complexity index is 224. The maximum atomic E-state index is 8.88. The molecular formula is C2H12FO10PS. The van der Waals surface area contributed by atoms with Gasteiger partial charge in [0.1, 0.15) is 0 Å². The highest BCUT2D eigenvalue weighted by molar-refractivity contribution is 7.79. The molecule has 0 unspecified atom stereocenters. The van der Waals surface area contributed by atoms with Crippen LogP contribution < -0.4 is 0 Å². The number of aliphatic hydroxyl groups excluding tert-OH is 2. The van der Waals surface area contributed by atoms with Crippen molar-refractivity contribution in [3.8, 4) is 0 Å². The number of phosphoric acid groups is 1. The molecule has 0 saturated carbocycles. The summed E-state index contributed by atoms with van der Waals surface area (Å²) in [5, 5.41) is 15.2. The van der Waals surface area contributed by atoms with Crippen LogP contribution >= 0.6 is 7.82 Å². The molecule has 0 aromatic heterocycles. The normalized spacial score (nSPS) is 9.80. The minimum absolute atomic E-state index is 0. The summed E-state index contributed by atoms with van der Waals surface area (Å²) in [6.07, 6.45) is 0. The summed E-state index contributed by atoms with van der Waals surface area (Å²) in [4.78, 5) is 21.6. The van der Waals surface area contributed by atoms with Crippen LogP contribution in [0.2, 0.25) is 0 Å². The van der Waals surface area contributed by atoms with Crippen molar-refractivity contribution in [3.05, 3.63) is 0 Å². The SMILES string of the molecule is F.O=P(O)(O)O.O=S(=O)(O)O.OCCO. The van der Waals surface area contributed by atoms with Crippen molar-refractivity contribution in [3.63, 3.8) is 0 Å². The largest absolute Gasteiger partial charge is 0.466 e. The van der Waals surface area contributed by atoms with Gasteiger partial charge in [-0.25, -0.2) is 4.57 Å². The summed E-state index contributed by atoms with van der Waals surface area (Å²) in [6.45, 7) is -0.250. The monoisotopic (exact) mass is 278 g/mol. The molecule has 0 spiro atoms. The van der Waals surface area contributed by atoms with Gasteiger partial charge in [0.05, 0.1) is 13.2 Å². The summed E-state index contributed by atoms with van der Waals surface area (Å²) in [6, 6.07) is 0. The molecule has 0 amide bonds. The summed E-state index contributed by atoms with van der Waals surface area (Å²) >= 11 is 0. The van der Waals surface area contributed by atoms with E-state index in [0.29, 0.717) is 0 Å². The first-order valence-electron chi connectivity index (χ1n) is 2.61. The zero-order chi connectivity index (χ0) is 12.4. The van der Waals surface area contributed by atoms with E-state index >= 15 is 0 Å². The lowest BCUT2D eigenvalue weighted by Gasteiger charge is -1.82. The lowest BCUT2D eigenvalue weighted by atomic mass is 10.8. The fourth-order valence-electron chi connectivity index (χ4n) is 0. The van der Waals surface area contributed by atoms with Crippen molar-refractivity contribution in [1.29, 1.82) is 0 Å². The van der Waals surface area contributed by atoms with Crippen molar-refractivity contribution in [2.75, 3.05) is 13.2 Å². The van der Waals surface area contributed by atoms with Gasteiger partial charge in [0.25, 0.3) is 0 Å². The molecule has 0 rings (SSSR count). The Balaban J connectivity index is -0.0000000590. The molecule has 10 nitrogen and oxygen atoms in total. The van der Waals surface area contributed by atoms with E-state index in [4.69, 9.17) is 47.0 Å².